The zero-order valence-corrected chi connectivity index (χ0v) is 23.2. The minimum absolute atomic E-state index is 0.168. The van der Waals surface area contributed by atoms with Gasteiger partial charge in [-0.3, -0.25) is 19.2 Å². The number of amides is 2. The standard InChI is InChI=1S/C31H31N9O2/c32-31-36-22(6-5-11-40-29(41)23-7-1-2-8-24(23)30(40)42)15-27(37-31)26-18-34-28-25(26)14-20(16-33-28)21-17-35-39(19-21)13-12-38-9-3-4-10-38/h1-2,7-8,14-19H,3-6,9-13H2,(H,33,34)(H2,32,36,37). The molecule has 0 saturated carbocycles. The second kappa shape index (κ2) is 10.8. The summed E-state index contributed by atoms with van der Waals surface area (Å²) in [5.74, 6) is -0.337. The van der Waals surface area contributed by atoms with E-state index in [1.54, 1.807) is 24.3 Å². The van der Waals surface area contributed by atoms with Crippen LogP contribution in [-0.2, 0) is 13.0 Å². The number of H-pyrrole nitrogens is 1. The molecule has 42 heavy (non-hydrogen) atoms. The van der Waals surface area contributed by atoms with E-state index in [0.29, 0.717) is 36.2 Å². The predicted octanol–water partition coefficient (Wildman–Crippen LogP) is 3.79. The molecule has 0 spiro atoms. The van der Waals surface area contributed by atoms with Crippen molar-refractivity contribution in [2.45, 2.75) is 32.2 Å². The minimum Gasteiger partial charge on any atom is -0.368 e. The molecule has 0 bridgehead atoms. The average molecular weight is 562 g/mol. The van der Waals surface area contributed by atoms with Crippen molar-refractivity contribution in [3.05, 3.63) is 78.0 Å². The molecule has 1 fully saturated rings. The fourth-order valence-electron chi connectivity index (χ4n) is 5.90. The van der Waals surface area contributed by atoms with Gasteiger partial charge >= 0.3 is 0 Å². The van der Waals surface area contributed by atoms with Crippen LogP contribution in [0.5, 0.6) is 0 Å². The van der Waals surface area contributed by atoms with E-state index in [4.69, 9.17) is 5.73 Å². The largest absolute Gasteiger partial charge is 0.368 e. The quantitative estimate of drug-likeness (QED) is 0.259. The van der Waals surface area contributed by atoms with Gasteiger partial charge in [-0.05, 0) is 63.0 Å². The molecule has 11 heteroatoms. The summed E-state index contributed by atoms with van der Waals surface area (Å²) in [6, 6.07) is 10.9. The third kappa shape index (κ3) is 4.92. The van der Waals surface area contributed by atoms with E-state index in [2.05, 4.69) is 42.2 Å². The first-order valence-corrected chi connectivity index (χ1v) is 14.3. The Morgan fingerprint density at radius 1 is 0.881 bits per heavy atom. The van der Waals surface area contributed by atoms with Crippen LogP contribution < -0.4 is 5.73 Å². The van der Waals surface area contributed by atoms with Gasteiger partial charge in [-0.2, -0.15) is 5.10 Å². The van der Waals surface area contributed by atoms with Crippen LogP contribution >= 0.6 is 0 Å². The van der Waals surface area contributed by atoms with Crippen LogP contribution in [-0.4, -0.2) is 77.5 Å². The number of nitrogens with one attached hydrogen (secondary N) is 1. The van der Waals surface area contributed by atoms with Crippen LogP contribution in [0.15, 0.2) is 61.2 Å². The monoisotopic (exact) mass is 561 g/mol. The molecular weight excluding hydrogens is 530 g/mol. The average Bonchev–Trinajstić information content (AvgIpc) is 3.81. The number of carbonyl (C=O) groups is 2. The number of aromatic amines is 1. The molecule has 4 aromatic heterocycles. The van der Waals surface area contributed by atoms with Crippen molar-refractivity contribution in [1.29, 1.82) is 0 Å². The highest BCUT2D eigenvalue weighted by Crippen LogP contribution is 2.31. The Morgan fingerprint density at radius 3 is 2.45 bits per heavy atom. The van der Waals surface area contributed by atoms with Crippen molar-refractivity contribution >= 4 is 28.8 Å². The van der Waals surface area contributed by atoms with E-state index in [1.807, 2.05) is 29.3 Å². The Hall–Kier alpha value is -4.90. The number of fused-ring (bicyclic) bond motifs is 2. The summed E-state index contributed by atoms with van der Waals surface area (Å²) in [6.07, 6.45) is 11.3. The summed E-state index contributed by atoms with van der Waals surface area (Å²) in [7, 11) is 0. The van der Waals surface area contributed by atoms with Crippen LogP contribution in [0.4, 0.5) is 5.95 Å². The van der Waals surface area contributed by atoms with E-state index in [1.165, 1.54) is 30.8 Å². The van der Waals surface area contributed by atoms with Gasteiger partial charge in [-0.1, -0.05) is 12.1 Å². The van der Waals surface area contributed by atoms with Crippen molar-refractivity contribution in [3.63, 3.8) is 0 Å². The van der Waals surface area contributed by atoms with Gasteiger partial charge in [0.1, 0.15) is 5.65 Å². The number of likely N-dealkylation sites (tertiary alicyclic amines) is 1. The number of anilines is 1. The molecule has 0 unspecified atom stereocenters. The van der Waals surface area contributed by atoms with Crippen molar-refractivity contribution < 1.29 is 9.59 Å². The van der Waals surface area contributed by atoms with Crippen molar-refractivity contribution in [1.82, 2.24) is 39.5 Å². The summed E-state index contributed by atoms with van der Waals surface area (Å²) in [5.41, 5.74) is 12.1. The van der Waals surface area contributed by atoms with Gasteiger partial charge < -0.3 is 15.6 Å². The molecule has 1 saturated heterocycles. The Bertz CT molecular complexity index is 1770. The number of nitrogens with zero attached hydrogens (tertiary/aromatic N) is 7. The van der Waals surface area contributed by atoms with Gasteiger partial charge in [0.15, 0.2) is 0 Å². The number of hydrogen-bond donors (Lipinski definition) is 2. The Kier molecular flexibility index (Phi) is 6.71. The summed E-state index contributed by atoms with van der Waals surface area (Å²) < 4.78 is 2.00. The Balaban J connectivity index is 1.07. The van der Waals surface area contributed by atoms with Crippen LogP contribution in [0, 0.1) is 0 Å². The first-order valence-electron chi connectivity index (χ1n) is 14.3. The number of aryl methyl sites for hydroxylation is 1. The van der Waals surface area contributed by atoms with Gasteiger partial charge in [-0.25, -0.2) is 15.0 Å². The normalized spacial score (nSPS) is 15.3. The number of aromatic nitrogens is 6. The van der Waals surface area contributed by atoms with Gasteiger partial charge in [-0.15, -0.1) is 0 Å². The minimum atomic E-state index is -0.252. The van der Waals surface area contributed by atoms with Gasteiger partial charge in [0.2, 0.25) is 5.95 Å². The fraction of sp³-hybridized carbons (Fsp3) is 0.290. The van der Waals surface area contributed by atoms with Gasteiger partial charge in [0.05, 0.1) is 29.6 Å². The summed E-state index contributed by atoms with van der Waals surface area (Å²) in [4.78, 5) is 46.0. The lowest BCUT2D eigenvalue weighted by Gasteiger charge is -2.13. The second-order valence-electron chi connectivity index (χ2n) is 10.9. The van der Waals surface area contributed by atoms with E-state index in [9.17, 15) is 9.59 Å². The lowest BCUT2D eigenvalue weighted by molar-refractivity contribution is 0.0652. The number of nitrogens with two attached hydrogens (primary N) is 1. The van der Waals surface area contributed by atoms with E-state index >= 15 is 0 Å². The topological polar surface area (TPSA) is 139 Å². The number of imide groups is 1. The van der Waals surface area contributed by atoms with Gasteiger partial charge in [0, 0.05) is 59.5 Å². The zero-order valence-electron chi connectivity index (χ0n) is 23.2. The van der Waals surface area contributed by atoms with E-state index in [-0.39, 0.29) is 17.8 Å². The number of hydrogen-bond acceptors (Lipinski definition) is 8. The Morgan fingerprint density at radius 2 is 1.67 bits per heavy atom. The summed E-state index contributed by atoms with van der Waals surface area (Å²) in [5, 5.41) is 5.50. The smallest absolute Gasteiger partial charge is 0.261 e. The second-order valence-corrected chi connectivity index (χ2v) is 10.9. The zero-order chi connectivity index (χ0) is 28.6. The number of carbonyl (C=O) groups excluding carboxylic acids is 2. The van der Waals surface area contributed by atoms with Crippen LogP contribution in [0.3, 0.4) is 0 Å². The predicted molar refractivity (Wildman–Crippen MR) is 159 cm³/mol. The van der Waals surface area contributed by atoms with Crippen LogP contribution in [0.2, 0.25) is 0 Å². The van der Waals surface area contributed by atoms with Crippen molar-refractivity contribution in [3.8, 4) is 22.4 Å². The molecule has 5 aromatic rings. The Labute approximate surface area is 242 Å². The molecule has 11 nitrogen and oxygen atoms in total. The first kappa shape index (κ1) is 26.0. The third-order valence-electron chi connectivity index (χ3n) is 8.11. The molecule has 0 atom stereocenters. The van der Waals surface area contributed by atoms with E-state index < -0.39 is 0 Å². The molecule has 2 aliphatic heterocycles. The maximum atomic E-state index is 12.7. The molecule has 0 aliphatic carbocycles. The number of rotatable bonds is 9. The van der Waals surface area contributed by atoms with E-state index in [0.717, 1.165) is 46.5 Å². The number of pyridine rings is 1. The molecule has 1 aromatic carbocycles. The molecule has 212 valence electrons. The highest BCUT2D eigenvalue weighted by atomic mass is 16.2. The van der Waals surface area contributed by atoms with Gasteiger partial charge in [0.25, 0.3) is 11.8 Å². The molecule has 7 rings (SSSR count). The third-order valence-corrected chi connectivity index (χ3v) is 8.11. The molecule has 2 amide bonds. The number of nitrogen functional groups attached to an aromatic ring is 1. The number of benzene rings is 1. The highest BCUT2D eigenvalue weighted by Gasteiger charge is 2.34. The van der Waals surface area contributed by atoms with Crippen molar-refractivity contribution in [2.75, 3.05) is 31.9 Å². The maximum Gasteiger partial charge on any atom is 0.261 e. The van der Waals surface area contributed by atoms with Crippen molar-refractivity contribution in [2.24, 2.45) is 0 Å². The SMILES string of the molecule is Nc1nc(CCCN2C(=O)c3ccccc3C2=O)cc(-c2c[nH]c3ncc(-c4cnn(CCN5CCCC5)c4)cc23)n1. The first-order chi connectivity index (χ1) is 20.5. The highest BCUT2D eigenvalue weighted by molar-refractivity contribution is 6.21. The molecule has 6 heterocycles. The van der Waals surface area contributed by atoms with Crippen LogP contribution in [0.1, 0.15) is 45.7 Å². The molecule has 3 N–H and O–H groups in total. The maximum absolute atomic E-state index is 12.7. The summed E-state index contributed by atoms with van der Waals surface area (Å²) in [6.45, 7) is 4.52. The molecule has 2 aliphatic rings. The fourth-order valence-corrected chi connectivity index (χ4v) is 5.90. The molecular formula is C31H31N9O2. The lowest BCUT2D eigenvalue weighted by Crippen LogP contribution is -2.31. The molecule has 0 radical (unpaired) electrons. The summed E-state index contributed by atoms with van der Waals surface area (Å²) >= 11 is 0. The van der Waals surface area contributed by atoms with Crippen LogP contribution in [0.25, 0.3) is 33.4 Å². The lowest BCUT2D eigenvalue weighted by atomic mass is 10.1.